The van der Waals surface area contributed by atoms with Crippen molar-refractivity contribution in [2.75, 3.05) is 66.3 Å². The largest absolute Gasteiger partial charge is 0.496 e. The van der Waals surface area contributed by atoms with Crippen molar-refractivity contribution in [3.8, 4) is 5.75 Å². The Balaban J connectivity index is 0.00000363. The number of halogens is 1. The molecule has 8 heteroatoms. The van der Waals surface area contributed by atoms with Crippen LogP contribution in [0.1, 0.15) is 44.2 Å². The van der Waals surface area contributed by atoms with Gasteiger partial charge in [0.2, 0.25) is 0 Å². The summed E-state index contributed by atoms with van der Waals surface area (Å²) in [6.07, 6.45) is 4.58. The van der Waals surface area contributed by atoms with E-state index in [1.54, 1.807) is 7.11 Å². The minimum Gasteiger partial charge on any atom is -0.496 e. The third-order valence-electron chi connectivity index (χ3n) is 5.98. The second kappa shape index (κ2) is 15.7. The molecule has 0 amide bonds. The highest BCUT2D eigenvalue weighted by atomic mass is 127. The van der Waals surface area contributed by atoms with Gasteiger partial charge in [0.25, 0.3) is 0 Å². The van der Waals surface area contributed by atoms with Crippen LogP contribution < -0.4 is 15.4 Å². The fraction of sp³-hybridized carbons (Fsp3) is 0.708. The number of aliphatic imine (C=N–C) groups is 1. The Kier molecular flexibility index (Phi) is 13.3. The number of methoxy groups -OCH3 is 1. The van der Waals surface area contributed by atoms with Crippen LogP contribution in [0.25, 0.3) is 0 Å². The molecule has 2 atom stereocenters. The van der Waals surface area contributed by atoms with E-state index in [1.165, 1.54) is 18.4 Å². The fourth-order valence-corrected chi connectivity index (χ4v) is 4.27. The maximum Gasteiger partial charge on any atom is 0.191 e. The molecule has 32 heavy (non-hydrogen) atoms. The summed E-state index contributed by atoms with van der Waals surface area (Å²) in [7, 11) is 1.75. The third-order valence-corrected chi connectivity index (χ3v) is 5.98. The molecule has 182 valence electrons. The number of para-hydroxylation sites is 1. The Labute approximate surface area is 210 Å². The molecule has 0 radical (unpaired) electrons. The monoisotopic (exact) mass is 560 g/mol. The number of benzene rings is 1. The summed E-state index contributed by atoms with van der Waals surface area (Å²) >= 11 is 0. The lowest BCUT2D eigenvalue weighted by molar-refractivity contribution is 0.0888. The van der Waals surface area contributed by atoms with Gasteiger partial charge in [-0.1, -0.05) is 18.2 Å². The van der Waals surface area contributed by atoms with Crippen molar-refractivity contribution in [1.29, 1.82) is 0 Å². The van der Waals surface area contributed by atoms with E-state index in [4.69, 9.17) is 19.2 Å². The molecule has 3 rings (SSSR count). The van der Waals surface area contributed by atoms with Crippen molar-refractivity contribution in [2.24, 2.45) is 10.9 Å². The highest BCUT2D eigenvalue weighted by Gasteiger charge is 2.25. The first kappa shape index (κ1) is 27.1. The van der Waals surface area contributed by atoms with E-state index in [9.17, 15) is 0 Å². The molecule has 2 aliphatic rings. The predicted molar refractivity (Wildman–Crippen MR) is 140 cm³/mol. The van der Waals surface area contributed by atoms with Gasteiger partial charge in [-0.2, -0.15) is 0 Å². The Hall–Kier alpha value is -1.10. The number of rotatable bonds is 12. The molecule has 0 aromatic heterocycles. The van der Waals surface area contributed by atoms with Gasteiger partial charge in [-0.05, 0) is 51.8 Å². The molecule has 2 unspecified atom stereocenters. The van der Waals surface area contributed by atoms with Crippen LogP contribution in [0.2, 0.25) is 0 Å². The van der Waals surface area contributed by atoms with Crippen LogP contribution in [0.15, 0.2) is 29.3 Å². The number of ether oxygens (including phenoxy) is 3. The van der Waals surface area contributed by atoms with Crippen LogP contribution in [0.3, 0.4) is 0 Å². The molecular formula is C24H41IN4O3. The highest BCUT2D eigenvalue weighted by Crippen LogP contribution is 2.31. The van der Waals surface area contributed by atoms with Gasteiger partial charge in [0.1, 0.15) is 5.75 Å². The van der Waals surface area contributed by atoms with E-state index >= 15 is 0 Å². The maximum absolute atomic E-state index is 5.81. The van der Waals surface area contributed by atoms with Crippen molar-refractivity contribution < 1.29 is 14.2 Å². The lowest BCUT2D eigenvalue weighted by Crippen LogP contribution is -2.39. The van der Waals surface area contributed by atoms with Gasteiger partial charge < -0.3 is 24.8 Å². The topological polar surface area (TPSA) is 67.4 Å². The van der Waals surface area contributed by atoms with Gasteiger partial charge in [-0.25, -0.2) is 0 Å². The smallest absolute Gasteiger partial charge is 0.191 e. The number of hydrogen-bond donors (Lipinski definition) is 2. The minimum absolute atomic E-state index is 0. The van der Waals surface area contributed by atoms with Gasteiger partial charge in [-0.15, -0.1) is 24.0 Å². The molecule has 2 aliphatic heterocycles. The maximum atomic E-state index is 5.81. The number of nitrogens with one attached hydrogen (secondary N) is 2. The first-order valence-corrected chi connectivity index (χ1v) is 11.9. The van der Waals surface area contributed by atoms with E-state index < -0.39 is 0 Å². The number of guanidine groups is 1. The summed E-state index contributed by atoms with van der Waals surface area (Å²) in [5, 5.41) is 6.84. The Morgan fingerprint density at radius 2 is 2.06 bits per heavy atom. The average molecular weight is 561 g/mol. The summed E-state index contributed by atoms with van der Waals surface area (Å²) in [5.74, 6) is 2.38. The second-order valence-electron chi connectivity index (χ2n) is 8.31. The first-order chi connectivity index (χ1) is 15.3. The van der Waals surface area contributed by atoms with Crippen LogP contribution in [0, 0.1) is 5.92 Å². The van der Waals surface area contributed by atoms with Gasteiger partial charge in [0.15, 0.2) is 5.96 Å². The van der Waals surface area contributed by atoms with Gasteiger partial charge in [-0.3, -0.25) is 9.89 Å². The van der Waals surface area contributed by atoms with Gasteiger partial charge in [0, 0.05) is 37.8 Å². The zero-order valence-corrected chi connectivity index (χ0v) is 22.0. The summed E-state index contributed by atoms with van der Waals surface area (Å²) in [4.78, 5) is 7.46. The second-order valence-corrected chi connectivity index (χ2v) is 8.31. The van der Waals surface area contributed by atoms with Crippen molar-refractivity contribution in [3.63, 3.8) is 0 Å². The standard InChI is InChI=1S/C24H40N4O3.HI/c1-3-25-24(26-12-8-15-30-18-20-11-16-31-19-20)27-17-22(28-13-6-7-14-28)21-9-4-5-10-23(21)29-2;/h4-5,9-10,20,22H,3,6-8,11-19H2,1-2H3,(H2,25,26,27);1H. The minimum atomic E-state index is 0. The SMILES string of the molecule is CCNC(=NCC(c1ccccc1OC)N1CCCC1)NCCCOCC1CCOC1.I. The zero-order valence-electron chi connectivity index (χ0n) is 19.7. The van der Waals surface area contributed by atoms with Gasteiger partial charge >= 0.3 is 0 Å². The quantitative estimate of drug-likeness (QED) is 0.177. The Bertz CT molecular complexity index is 664. The molecule has 7 nitrogen and oxygen atoms in total. The number of likely N-dealkylation sites (tertiary alicyclic amines) is 1. The van der Waals surface area contributed by atoms with Crippen molar-refractivity contribution in [1.82, 2.24) is 15.5 Å². The van der Waals surface area contributed by atoms with E-state index in [1.807, 2.05) is 12.1 Å². The zero-order chi connectivity index (χ0) is 21.7. The molecule has 0 aliphatic carbocycles. The molecule has 2 N–H and O–H groups in total. The summed E-state index contributed by atoms with van der Waals surface area (Å²) in [5.41, 5.74) is 1.22. The molecule has 2 heterocycles. The number of nitrogens with zero attached hydrogens (tertiary/aromatic N) is 2. The van der Waals surface area contributed by atoms with E-state index in [2.05, 4.69) is 34.6 Å². The third kappa shape index (κ3) is 8.68. The molecular weight excluding hydrogens is 519 g/mol. The lowest BCUT2D eigenvalue weighted by atomic mass is 10.0. The van der Waals surface area contributed by atoms with Crippen LogP contribution in [-0.4, -0.2) is 77.1 Å². The van der Waals surface area contributed by atoms with Crippen LogP contribution >= 0.6 is 24.0 Å². The number of hydrogen-bond acceptors (Lipinski definition) is 5. The van der Waals surface area contributed by atoms with E-state index in [0.717, 1.165) is 77.2 Å². The van der Waals surface area contributed by atoms with Crippen molar-refractivity contribution in [3.05, 3.63) is 29.8 Å². The van der Waals surface area contributed by atoms with Crippen LogP contribution in [-0.2, 0) is 9.47 Å². The normalized spacial score (nSPS) is 20.1. The molecule has 1 aromatic rings. The van der Waals surface area contributed by atoms with E-state index in [-0.39, 0.29) is 30.0 Å². The van der Waals surface area contributed by atoms with Crippen molar-refractivity contribution in [2.45, 2.75) is 38.6 Å². The van der Waals surface area contributed by atoms with Crippen LogP contribution in [0.5, 0.6) is 5.75 Å². The molecule has 0 spiro atoms. The molecule has 1 aromatic carbocycles. The van der Waals surface area contributed by atoms with E-state index in [0.29, 0.717) is 12.5 Å². The van der Waals surface area contributed by atoms with Gasteiger partial charge in [0.05, 0.1) is 32.9 Å². The Morgan fingerprint density at radius 1 is 1.25 bits per heavy atom. The fourth-order valence-electron chi connectivity index (χ4n) is 4.27. The van der Waals surface area contributed by atoms with Crippen molar-refractivity contribution >= 4 is 29.9 Å². The Morgan fingerprint density at radius 3 is 2.78 bits per heavy atom. The first-order valence-electron chi connectivity index (χ1n) is 11.9. The molecule has 0 saturated carbocycles. The predicted octanol–water partition coefficient (Wildman–Crippen LogP) is 3.45. The summed E-state index contributed by atoms with van der Waals surface area (Å²) in [6, 6.07) is 8.56. The summed E-state index contributed by atoms with van der Waals surface area (Å²) < 4.78 is 16.9. The lowest BCUT2D eigenvalue weighted by Gasteiger charge is -2.28. The van der Waals surface area contributed by atoms with Crippen LogP contribution in [0.4, 0.5) is 0 Å². The molecule has 0 bridgehead atoms. The summed E-state index contributed by atoms with van der Waals surface area (Å²) in [6.45, 7) is 10.0. The average Bonchev–Trinajstić information content (AvgIpc) is 3.51. The molecule has 2 fully saturated rings. The molecule has 2 saturated heterocycles. The highest BCUT2D eigenvalue weighted by molar-refractivity contribution is 14.0.